The maximum atomic E-state index is 12.2. The zero-order valence-corrected chi connectivity index (χ0v) is 12.9. The van der Waals surface area contributed by atoms with Crippen molar-refractivity contribution in [2.75, 3.05) is 20.2 Å². The number of unbranched alkanes of at least 4 members (excludes halogenated alkanes) is 2. The Balaban J connectivity index is 2.53. The number of rotatable bonds is 7. The highest BCUT2D eigenvalue weighted by Crippen LogP contribution is 2.27. The minimum Gasteiger partial charge on any atom is -0.480 e. The molecule has 0 aromatic heterocycles. The van der Waals surface area contributed by atoms with Gasteiger partial charge in [0.2, 0.25) is 0 Å². The second kappa shape index (κ2) is 8.87. The smallest absolute Gasteiger partial charge is 0.329 e. The molecule has 0 heterocycles. The lowest BCUT2D eigenvalue weighted by Gasteiger charge is -2.31. The average molecular weight is 300 g/mol. The Morgan fingerprint density at radius 1 is 1.10 bits per heavy atom. The van der Waals surface area contributed by atoms with Crippen LogP contribution in [0, 0.1) is 0 Å². The monoisotopic (exact) mass is 300 g/mol. The van der Waals surface area contributed by atoms with Crippen LogP contribution in [-0.2, 0) is 4.79 Å². The molecule has 122 valence electrons. The van der Waals surface area contributed by atoms with Crippen molar-refractivity contribution in [2.24, 2.45) is 0 Å². The Hall–Kier alpha value is -1.30. The molecule has 0 atom stereocenters. The number of carbonyl (C=O) groups is 2. The van der Waals surface area contributed by atoms with Crippen molar-refractivity contribution in [1.82, 2.24) is 10.2 Å². The molecule has 6 nitrogen and oxygen atoms in total. The Morgan fingerprint density at radius 3 is 2.24 bits per heavy atom. The van der Waals surface area contributed by atoms with Crippen LogP contribution in [0.3, 0.4) is 0 Å². The minimum absolute atomic E-state index is 0.165. The van der Waals surface area contributed by atoms with Gasteiger partial charge in [0, 0.05) is 20.2 Å². The van der Waals surface area contributed by atoms with Crippen LogP contribution in [0.1, 0.15) is 57.8 Å². The van der Waals surface area contributed by atoms with E-state index in [4.69, 9.17) is 5.11 Å². The number of nitrogens with zero attached hydrogens (tertiary/aromatic N) is 1. The van der Waals surface area contributed by atoms with Gasteiger partial charge in [0.1, 0.15) is 5.54 Å². The molecule has 0 aliphatic heterocycles. The van der Waals surface area contributed by atoms with E-state index in [9.17, 15) is 14.7 Å². The lowest BCUT2D eigenvalue weighted by atomic mass is 9.90. The zero-order chi connectivity index (χ0) is 15.7. The third kappa shape index (κ3) is 5.53. The van der Waals surface area contributed by atoms with Crippen LogP contribution < -0.4 is 5.32 Å². The van der Waals surface area contributed by atoms with Gasteiger partial charge in [-0.25, -0.2) is 9.59 Å². The first-order valence-electron chi connectivity index (χ1n) is 7.89. The summed E-state index contributed by atoms with van der Waals surface area (Å²) in [4.78, 5) is 25.4. The second-order valence-corrected chi connectivity index (χ2v) is 5.94. The van der Waals surface area contributed by atoms with E-state index in [1.807, 2.05) is 0 Å². The quantitative estimate of drug-likeness (QED) is 0.495. The van der Waals surface area contributed by atoms with E-state index in [-0.39, 0.29) is 12.6 Å². The van der Waals surface area contributed by atoms with Crippen LogP contribution in [0.15, 0.2) is 0 Å². The predicted molar refractivity (Wildman–Crippen MR) is 80.2 cm³/mol. The van der Waals surface area contributed by atoms with E-state index < -0.39 is 11.5 Å². The van der Waals surface area contributed by atoms with Gasteiger partial charge in [-0.1, -0.05) is 25.7 Å². The van der Waals surface area contributed by atoms with Crippen LogP contribution >= 0.6 is 0 Å². The van der Waals surface area contributed by atoms with Gasteiger partial charge in [0.05, 0.1) is 0 Å². The molecule has 0 radical (unpaired) electrons. The summed E-state index contributed by atoms with van der Waals surface area (Å²) < 4.78 is 0. The summed E-state index contributed by atoms with van der Waals surface area (Å²) in [5.41, 5.74) is -1.10. The van der Waals surface area contributed by atoms with Gasteiger partial charge >= 0.3 is 12.0 Å². The number of aliphatic hydroxyl groups excluding tert-OH is 1. The molecule has 1 saturated carbocycles. The van der Waals surface area contributed by atoms with Crippen LogP contribution in [0.4, 0.5) is 4.79 Å². The number of carbonyl (C=O) groups excluding carboxylic acids is 1. The Kier molecular flexibility index (Phi) is 7.50. The summed E-state index contributed by atoms with van der Waals surface area (Å²) in [6.07, 6.45) is 7.15. The van der Waals surface area contributed by atoms with Gasteiger partial charge in [0.25, 0.3) is 0 Å². The fourth-order valence-electron chi connectivity index (χ4n) is 2.76. The zero-order valence-electron chi connectivity index (χ0n) is 12.9. The Morgan fingerprint density at radius 2 is 1.71 bits per heavy atom. The molecular formula is C15H28N2O4. The fourth-order valence-corrected chi connectivity index (χ4v) is 2.76. The van der Waals surface area contributed by atoms with Crippen molar-refractivity contribution in [1.29, 1.82) is 0 Å². The molecule has 6 heteroatoms. The summed E-state index contributed by atoms with van der Waals surface area (Å²) in [6, 6.07) is -0.316. The third-order valence-electron chi connectivity index (χ3n) is 4.21. The molecule has 3 N–H and O–H groups in total. The molecule has 2 amide bonds. The number of aliphatic carboxylic acids is 1. The predicted octanol–water partition coefficient (Wildman–Crippen LogP) is 1.97. The highest BCUT2D eigenvalue weighted by atomic mass is 16.4. The average Bonchev–Trinajstić information content (AvgIpc) is 2.70. The first kappa shape index (κ1) is 17.8. The summed E-state index contributed by atoms with van der Waals surface area (Å²) >= 11 is 0. The van der Waals surface area contributed by atoms with Gasteiger partial charge in [-0.3, -0.25) is 0 Å². The molecule has 21 heavy (non-hydrogen) atoms. The van der Waals surface area contributed by atoms with Gasteiger partial charge in [0.15, 0.2) is 0 Å². The van der Waals surface area contributed by atoms with Crippen molar-refractivity contribution in [3.8, 4) is 0 Å². The number of amides is 2. The molecule has 0 bridgehead atoms. The molecule has 0 saturated heterocycles. The number of carboxylic acid groups (broad SMARTS) is 1. The summed E-state index contributed by atoms with van der Waals surface area (Å²) in [5.74, 6) is -0.925. The molecule has 0 aromatic rings. The van der Waals surface area contributed by atoms with Gasteiger partial charge in [-0.2, -0.15) is 0 Å². The standard InChI is InChI=1S/C15H28N2O4/c1-17(11-7-4-8-12-18)14(21)16-15(13(19)20)9-5-2-3-6-10-15/h18H,2-12H2,1H3,(H,16,21)(H,19,20). The van der Waals surface area contributed by atoms with Crippen LogP contribution in [0.25, 0.3) is 0 Å². The van der Waals surface area contributed by atoms with E-state index in [2.05, 4.69) is 5.32 Å². The van der Waals surface area contributed by atoms with E-state index >= 15 is 0 Å². The third-order valence-corrected chi connectivity index (χ3v) is 4.21. The summed E-state index contributed by atoms with van der Waals surface area (Å²) in [7, 11) is 1.68. The van der Waals surface area contributed by atoms with Gasteiger partial charge in [-0.15, -0.1) is 0 Å². The van der Waals surface area contributed by atoms with E-state index in [0.29, 0.717) is 19.4 Å². The van der Waals surface area contributed by atoms with Crippen molar-refractivity contribution < 1.29 is 19.8 Å². The van der Waals surface area contributed by atoms with Crippen molar-refractivity contribution in [3.63, 3.8) is 0 Å². The topological polar surface area (TPSA) is 89.9 Å². The highest BCUT2D eigenvalue weighted by molar-refractivity contribution is 5.86. The number of nitrogens with one attached hydrogen (secondary N) is 1. The number of hydrogen-bond acceptors (Lipinski definition) is 3. The van der Waals surface area contributed by atoms with Crippen molar-refractivity contribution in [2.45, 2.75) is 63.3 Å². The van der Waals surface area contributed by atoms with Gasteiger partial charge < -0.3 is 20.4 Å². The number of hydrogen-bond donors (Lipinski definition) is 3. The minimum atomic E-state index is -1.10. The SMILES string of the molecule is CN(CCCCCO)C(=O)NC1(C(=O)O)CCCCCC1. The Labute approximate surface area is 126 Å². The van der Waals surface area contributed by atoms with Crippen LogP contribution in [-0.4, -0.2) is 52.9 Å². The maximum Gasteiger partial charge on any atom is 0.329 e. The summed E-state index contributed by atoms with van der Waals surface area (Å²) in [6.45, 7) is 0.736. The first-order valence-corrected chi connectivity index (χ1v) is 7.89. The van der Waals surface area contributed by atoms with Crippen molar-refractivity contribution in [3.05, 3.63) is 0 Å². The van der Waals surface area contributed by atoms with Gasteiger partial charge in [-0.05, 0) is 32.1 Å². The molecule has 1 aliphatic carbocycles. The number of carboxylic acids is 1. The molecule has 0 spiro atoms. The van der Waals surface area contributed by atoms with E-state index in [1.165, 1.54) is 4.90 Å². The number of urea groups is 1. The molecule has 1 rings (SSSR count). The number of aliphatic hydroxyl groups is 1. The highest BCUT2D eigenvalue weighted by Gasteiger charge is 2.40. The second-order valence-electron chi connectivity index (χ2n) is 5.94. The first-order chi connectivity index (χ1) is 10.0. The van der Waals surface area contributed by atoms with Crippen LogP contribution in [0.2, 0.25) is 0 Å². The molecule has 0 unspecified atom stereocenters. The molecule has 1 fully saturated rings. The molecular weight excluding hydrogens is 272 g/mol. The fraction of sp³-hybridized carbons (Fsp3) is 0.867. The lowest BCUT2D eigenvalue weighted by molar-refractivity contribution is -0.145. The van der Waals surface area contributed by atoms with Crippen LogP contribution in [0.5, 0.6) is 0 Å². The van der Waals surface area contributed by atoms with E-state index in [0.717, 1.165) is 44.9 Å². The Bertz CT molecular complexity index is 339. The molecule has 1 aliphatic rings. The lowest BCUT2D eigenvalue weighted by Crippen LogP contribution is -2.57. The van der Waals surface area contributed by atoms with Crippen molar-refractivity contribution >= 4 is 12.0 Å². The normalized spacial score (nSPS) is 17.8. The summed E-state index contributed by atoms with van der Waals surface area (Å²) in [5, 5.41) is 21.0. The molecule has 0 aromatic carbocycles. The maximum absolute atomic E-state index is 12.2. The van der Waals surface area contributed by atoms with E-state index in [1.54, 1.807) is 7.05 Å². The largest absolute Gasteiger partial charge is 0.480 e.